The number of aromatic nitrogens is 4. The van der Waals surface area contributed by atoms with E-state index in [0.29, 0.717) is 24.9 Å². The van der Waals surface area contributed by atoms with Gasteiger partial charge in [-0.3, -0.25) is 14.6 Å². The van der Waals surface area contributed by atoms with E-state index in [1.54, 1.807) is 23.7 Å². The second kappa shape index (κ2) is 12.5. The summed E-state index contributed by atoms with van der Waals surface area (Å²) in [6, 6.07) is 12.9. The molecule has 0 saturated carbocycles. The number of fused-ring (bicyclic) bond motifs is 1. The second-order valence-electron chi connectivity index (χ2n) is 11.8. The van der Waals surface area contributed by atoms with Gasteiger partial charge in [0.05, 0.1) is 24.2 Å². The quantitative estimate of drug-likeness (QED) is 0.309. The molecule has 2 aromatic heterocycles. The smallest absolute Gasteiger partial charge is 0.416 e. The number of pyridine rings is 1. The molecule has 0 aliphatic carbocycles. The first-order valence-corrected chi connectivity index (χ1v) is 14.8. The Balaban J connectivity index is 1.18. The largest absolute Gasteiger partial charge is 0.497 e. The van der Waals surface area contributed by atoms with Gasteiger partial charge < -0.3 is 20.3 Å². The van der Waals surface area contributed by atoms with Crippen LogP contribution in [0.3, 0.4) is 0 Å². The van der Waals surface area contributed by atoms with Gasteiger partial charge in [0.15, 0.2) is 0 Å². The summed E-state index contributed by atoms with van der Waals surface area (Å²) in [7, 11) is 3.40. The molecule has 2 fully saturated rings. The number of amides is 2. The Morgan fingerprint density at radius 3 is 2.62 bits per heavy atom. The zero-order valence-electron chi connectivity index (χ0n) is 24.9. The molecule has 2 N–H and O–H groups in total. The minimum Gasteiger partial charge on any atom is -0.497 e. The predicted octanol–water partition coefficient (Wildman–Crippen LogP) is 3.61. The van der Waals surface area contributed by atoms with E-state index in [2.05, 4.69) is 25.9 Å². The number of aryl methyl sites for hydroxylation is 1. The van der Waals surface area contributed by atoms with Crippen LogP contribution in [-0.2, 0) is 35.8 Å². The van der Waals surface area contributed by atoms with E-state index in [-0.39, 0.29) is 42.8 Å². The Hall–Kier alpha value is -4.52. The van der Waals surface area contributed by atoms with Crippen molar-refractivity contribution in [3.63, 3.8) is 0 Å². The van der Waals surface area contributed by atoms with Crippen LogP contribution in [0.2, 0.25) is 0 Å². The number of benzene rings is 2. The highest BCUT2D eigenvalue weighted by Crippen LogP contribution is 2.38. The van der Waals surface area contributed by atoms with Crippen LogP contribution in [0.1, 0.15) is 41.0 Å². The normalized spacial score (nSPS) is 21.8. The Labute approximate surface area is 257 Å². The number of rotatable bonds is 8. The van der Waals surface area contributed by atoms with Gasteiger partial charge in [-0.1, -0.05) is 23.4 Å². The fraction of sp³-hybridized carbons (Fsp3) is 0.406. The summed E-state index contributed by atoms with van der Waals surface area (Å²) < 4.78 is 48.0. The Bertz CT molecular complexity index is 1690. The standard InChI is InChI=1S/C32H34F3N7O3/c1-41-28-8-5-20(12-26(28)39-40-41)15-38-30(43)29-13-21(11-19-3-6-23(45-2)7-4-19)18-42(29)31(44)27-14-22(16-37-27)24-17-36-10-9-25(24)32(33,34)35/h3-10,12,17,21-22,27,29,37H,11,13-16,18H2,1-2H3,(H,38,43). The van der Waals surface area contributed by atoms with Crippen LogP contribution in [0.25, 0.3) is 11.0 Å². The molecular formula is C32H34F3N7O3. The first-order valence-electron chi connectivity index (χ1n) is 14.8. The third-order valence-electron chi connectivity index (χ3n) is 8.82. The van der Waals surface area contributed by atoms with Crippen LogP contribution < -0.4 is 15.4 Å². The fourth-order valence-electron chi connectivity index (χ4n) is 6.51. The highest BCUT2D eigenvalue weighted by molar-refractivity contribution is 5.91. The molecule has 2 saturated heterocycles. The molecule has 4 heterocycles. The van der Waals surface area contributed by atoms with Gasteiger partial charge in [0.2, 0.25) is 11.8 Å². The van der Waals surface area contributed by atoms with Crippen molar-refractivity contribution < 1.29 is 27.5 Å². The molecule has 2 amide bonds. The monoisotopic (exact) mass is 621 g/mol. The Kier molecular flexibility index (Phi) is 8.45. The maximum absolute atomic E-state index is 13.9. The molecule has 4 atom stereocenters. The molecule has 6 rings (SSSR count). The van der Waals surface area contributed by atoms with Gasteiger partial charge in [0.1, 0.15) is 17.3 Å². The first kappa shape index (κ1) is 30.5. The van der Waals surface area contributed by atoms with Crippen molar-refractivity contribution in [1.82, 2.24) is 35.5 Å². The SMILES string of the molecule is COc1ccc(CC2CC(C(=O)NCc3ccc4c(c3)nnn4C)N(C(=O)C3CC(c4cnccc4C(F)(F)F)CN3)C2)cc1. The zero-order valence-corrected chi connectivity index (χ0v) is 24.9. The van der Waals surface area contributed by atoms with Gasteiger partial charge in [-0.15, -0.1) is 5.10 Å². The summed E-state index contributed by atoms with van der Waals surface area (Å²) in [5.74, 6) is -0.344. The minimum absolute atomic E-state index is 0.0152. The number of nitrogens with one attached hydrogen (secondary N) is 2. The average molecular weight is 622 g/mol. The number of hydrogen-bond donors (Lipinski definition) is 2. The van der Waals surface area contributed by atoms with Crippen LogP contribution in [-0.4, -0.2) is 69.0 Å². The van der Waals surface area contributed by atoms with Gasteiger partial charge in [-0.2, -0.15) is 13.2 Å². The van der Waals surface area contributed by atoms with E-state index in [1.807, 2.05) is 42.5 Å². The van der Waals surface area contributed by atoms with E-state index in [1.165, 1.54) is 6.20 Å². The van der Waals surface area contributed by atoms with Crippen molar-refractivity contribution >= 4 is 22.8 Å². The van der Waals surface area contributed by atoms with Crippen LogP contribution in [0.4, 0.5) is 13.2 Å². The summed E-state index contributed by atoms with van der Waals surface area (Å²) in [6.45, 7) is 0.812. The minimum atomic E-state index is -4.52. The maximum atomic E-state index is 13.9. The molecule has 2 aliphatic rings. The molecule has 13 heteroatoms. The number of ether oxygens (including phenoxy) is 1. The van der Waals surface area contributed by atoms with Crippen molar-refractivity contribution in [2.45, 2.75) is 50.0 Å². The molecule has 45 heavy (non-hydrogen) atoms. The fourth-order valence-corrected chi connectivity index (χ4v) is 6.51. The number of likely N-dealkylation sites (tertiary alicyclic amines) is 1. The van der Waals surface area contributed by atoms with Gasteiger partial charge in [-0.25, -0.2) is 4.68 Å². The summed E-state index contributed by atoms with van der Waals surface area (Å²) >= 11 is 0. The average Bonchev–Trinajstić information content (AvgIpc) is 3.79. The molecule has 0 radical (unpaired) electrons. The molecule has 4 unspecified atom stereocenters. The van der Waals surface area contributed by atoms with E-state index >= 15 is 0 Å². The number of hydrogen-bond acceptors (Lipinski definition) is 7. The highest BCUT2D eigenvalue weighted by atomic mass is 19.4. The van der Waals surface area contributed by atoms with Gasteiger partial charge >= 0.3 is 6.18 Å². The molecular weight excluding hydrogens is 587 g/mol. The lowest BCUT2D eigenvalue weighted by molar-refractivity contribution is -0.139. The Morgan fingerprint density at radius 2 is 1.87 bits per heavy atom. The molecule has 10 nitrogen and oxygen atoms in total. The Morgan fingerprint density at radius 1 is 1.09 bits per heavy atom. The highest BCUT2D eigenvalue weighted by Gasteiger charge is 2.44. The predicted molar refractivity (Wildman–Crippen MR) is 159 cm³/mol. The van der Waals surface area contributed by atoms with E-state index in [0.717, 1.165) is 34.7 Å². The van der Waals surface area contributed by atoms with Gasteiger partial charge in [0.25, 0.3) is 0 Å². The summed E-state index contributed by atoms with van der Waals surface area (Å²) in [4.78, 5) is 33.1. The van der Waals surface area contributed by atoms with Crippen LogP contribution >= 0.6 is 0 Å². The second-order valence-corrected chi connectivity index (χ2v) is 11.8. The lowest BCUT2D eigenvalue weighted by atomic mass is 9.93. The van der Waals surface area contributed by atoms with E-state index < -0.39 is 29.7 Å². The van der Waals surface area contributed by atoms with Crippen molar-refractivity contribution in [3.8, 4) is 5.75 Å². The van der Waals surface area contributed by atoms with Gasteiger partial charge in [0, 0.05) is 45.0 Å². The number of carbonyl (C=O) groups is 2. The summed E-state index contributed by atoms with van der Waals surface area (Å²) in [5, 5.41) is 14.3. The van der Waals surface area contributed by atoms with Crippen molar-refractivity contribution in [2.24, 2.45) is 13.0 Å². The lowest BCUT2D eigenvalue weighted by Gasteiger charge is -2.27. The summed E-state index contributed by atoms with van der Waals surface area (Å²) in [6.07, 6.45) is -0.864. The molecule has 2 aromatic carbocycles. The molecule has 236 valence electrons. The van der Waals surface area contributed by atoms with Crippen LogP contribution in [0, 0.1) is 5.92 Å². The molecule has 0 bridgehead atoms. The van der Waals surface area contributed by atoms with Crippen molar-refractivity contribution in [3.05, 3.63) is 83.2 Å². The van der Waals surface area contributed by atoms with E-state index in [9.17, 15) is 22.8 Å². The van der Waals surface area contributed by atoms with Crippen LogP contribution in [0.5, 0.6) is 5.75 Å². The van der Waals surface area contributed by atoms with Gasteiger partial charge in [-0.05, 0) is 72.2 Å². The molecule has 4 aromatic rings. The number of halogens is 3. The van der Waals surface area contributed by atoms with Crippen molar-refractivity contribution in [2.75, 3.05) is 20.2 Å². The molecule has 0 spiro atoms. The number of carbonyl (C=O) groups excluding carboxylic acids is 2. The third kappa shape index (κ3) is 6.48. The zero-order chi connectivity index (χ0) is 31.7. The van der Waals surface area contributed by atoms with Crippen molar-refractivity contribution in [1.29, 1.82) is 0 Å². The number of alkyl halides is 3. The third-order valence-corrected chi connectivity index (χ3v) is 8.82. The van der Waals surface area contributed by atoms with E-state index in [4.69, 9.17) is 4.74 Å². The topological polar surface area (TPSA) is 114 Å². The number of methoxy groups -OCH3 is 1. The first-order chi connectivity index (χ1) is 21.6. The number of nitrogens with zero attached hydrogens (tertiary/aromatic N) is 5. The van der Waals surface area contributed by atoms with Crippen LogP contribution in [0.15, 0.2) is 60.9 Å². The molecule has 2 aliphatic heterocycles. The summed E-state index contributed by atoms with van der Waals surface area (Å²) in [5.41, 5.74) is 2.82. The maximum Gasteiger partial charge on any atom is 0.416 e. The lowest BCUT2D eigenvalue weighted by Crippen LogP contribution is -2.51.